The topological polar surface area (TPSA) is 98.2 Å². The largest absolute Gasteiger partial charge is 0.468 e. The Kier molecular flexibility index (Phi) is 6.39. The van der Waals surface area contributed by atoms with Crippen molar-refractivity contribution in [2.45, 2.75) is 10.1 Å². The number of sulfonamides is 1. The number of halogens is 1. The van der Waals surface area contributed by atoms with Gasteiger partial charge in [0.25, 0.3) is 0 Å². The van der Waals surface area contributed by atoms with Crippen molar-refractivity contribution in [1.29, 1.82) is 0 Å². The van der Waals surface area contributed by atoms with Gasteiger partial charge >= 0.3 is 5.97 Å². The number of nitrogens with zero attached hydrogens (tertiary/aromatic N) is 2. The smallest absolute Gasteiger partial charge is 0.316 e. The van der Waals surface area contributed by atoms with Crippen molar-refractivity contribution in [2.75, 3.05) is 17.6 Å². The molecule has 0 atom stereocenters. The second-order valence-electron chi connectivity index (χ2n) is 4.23. The van der Waals surface area contributed by atoms with Gasteiger partial charge in [-0.3, -0.25) is 9.52 Å². The second kappa shape index (κ2) is 8.08. The molecule has 0 amide bonds. The van der Waals surface area contributed by atoms with Crippen LogP contribution in [0.1, 0.15) is 5.56 Å². The molecule has 0 aliphatic rings. The zero-order valence-electron chi connectivity index (χ0n) is 11.9. The van der Waals surface area contributed by atoms with Gasteiger partial charge in [0.2, 0.25) is 15.2 Å². The number of rotatable bonds is 7. The molecule has 23 heavy (non-hydrogen) atoms. The van der Waals surface area contributed by atoms with E-state index in [9.17, 15) is 13.2 Å². The van der Waals surface area contributed by atoms with Crippen LogP contribution in [0.3, 0.4) is 0 Å². The van der Waals surface area contributed by atoms with Crippen LogP contribution in [0.2, 0.25) is 0 Å². The fourth-order valence-corrected chi connectivity index (χ4v) is 4.93. The van der Waals surface area contributed by atoms with Crippen molar-refractivity contribution in [3.05, 3.63) is 34.3 Å². The molecule has 0 saturated heterocycles. The van der Waals surface area contributed by atoms with E-state index in [0.29, 0.717) is 9.90 Å². The minimum Gasteiger partial charge on any atom is -0.468 e. The normalized spacial score (nSPS) is 11.2. The number of carbonyl (C=O) groups is 1. The number of hydrogen-bond acceptors (Lipinski definition) is 8. The van der Waals surface area contributed by atoms with Crippen LogP contribution in [0, 0.1) is 0 Å². The highest BCUT2D eigenvalue weighted by molar-refractivity contribution is 9.10. The van der Waals surface area contributed by atoms with Crippen LogP contribution in [-0.2, 0) is 25.3 Å². The fraction of sp³-hybridized carbons (Fsp3) is 0.250. The average molecular weight is 438 g/mol. The quantitative estimate of drug-likeness (QED) is 0.524. The molecular formula is C12H12BrN3O4S3. The van der Waals surface area contributed by atoms with E-state index in [1.54, 1.807) is 18.2 Å². The molecule has 1 aromatic heterocycles. The minimum atomic E-state index is -3.59. The minimum absolute atomic E-state index is 0.0932. The van der Waals surface area contributed by atoms with E-state index in [0.717, 1.165) is 27.6 Å². The first-order valence-electron chi connectivity index (χ1n) is 6.16. The predicted octanol–water partition coefficient (Wildman–Crippen LogP) is 2.51. The number of anilines is 1. The standard InChI is InChI=1S/C12H12BrN3O4S3/c1-20-10(17)6-21-12-15-14-11(22-12)16-23(18,19)7-8-3-2-4-9(13)5-8/h2-5H,6-7H2,1H3,(H,14,16). The van der Waals surface area contributed by atoms with E-state index in [1.165, 1.54) is 7.11 Å². The third-order valence-electron chi connectivity index (χ3n) is 2.44. The third-order valence-corrected chi connectivity index (χ3v) is 6.22. The van der Waals surface area contributed by atoms with Gasteiger partial charge in [0.15, 0.2) is 4.34 Å². The zero-order chi connectivity index (χ0) is 16.9. The van der Waals surface area contributed by atoms with Gasteiger partial charge in [0.05, 0.1) is 18.6 Å². The van der Waals surface area contributed by atoms with Gasteiger partial charge in [0.1, 0.15) is 0 Å². The molecule has 1 aromatic carbocycles. The number of ether oxygens (including phenoxy) is 1. The molecule has 0 unspecified atom stereocenters. The molecule has 11 heteroatoms. The summed E-state index contributed by atoms with van der Waals surface area (Å²) in [5, 5.41) is 7.74. The highest BCUT2D eigenvalue weighted by Crippen LogP contribution is 2.26. The number of esters is 1. The lowest BCUT2D eigenvalue weighted by atomic mass is 10.2. The Labute approximate surface area is 150 Å². The summed E-state index contributed by atoms with van der Waals surface area (Å²) in [5.74, 6) is -0.464. The fourth-order valence-electron chi connectivity index (χ4n) is 1.50. The first-order chi connectivity index (χ1) is 10.9. The van der Waals surface area contributed by atoms with Crippen LogP contribution in [0.4, 0.5) is 5.13 Å². The Balaban J connectivity index is 1.98. The summed E-state index contributed by atoms with van der Waals surface area (Å²) in [7, 11) is -2.29. The maximum atomic E-state index is 12.1. The number of hydrogen-bond donors (Lipinski definition) is 1. The van der Waals surface area contributed by atoms with Crippen LogP contribution in [0.25, 0.3) is 0 Å². The summed E-state index contributed by atoms with van der Waals surface area (Å²) in [4.78, 5) is 11.0. The maximum absolute atomic E-state index is 12.1. The number of methoxy groups -OCH3 is 1. The van der Waals surface area contributed by atoms with Crippen LogP contribution in [0.15, 0.2) is 33.1 Å². The van der Waals surface area contributed by atoms with Crippen molar-refractivity contribution in [3.63, 3.8) is 0 Å². The Bertz CT molecular complexity index is 794. The monoisotopic (exact) mass is 437 g/mol. The SMILES string of the molecule is COC(=O)CSc1nnc(NS(=O)(=O)Cc2cccc(Br)c2)s1. The van der Waals surface area contributed by atoms with E-state index < -0.39 is 10.0 Å². The Morgan fingerprint density at radius 2 is 2.22 bits per heavy atom. The number of aromatic nitrogens is 2. The molecule has 0 saturated carbocycles. The summed E-state index contributed by atoms with van der Waals surface area (Å²) in [6, 6.07) is 7.04. The molecule has 7 nitrogen and oxygen atoms in total. The van der Waals surface area contributed by atoms with E-state index in [2.05, 4.69) is 35.6 Å². The van der Waals surface area contributed by atoms with Gasteiger partial charge in [-0.15, -0.1) is 10.2 Å². The van der Waals surface area contributed by atoms with Crippen LogP contribution < -0.4 is 4.72 Å². The van der Waals surface area contributed by atoms with E-state index in [1.807, 2.05) is 6.07 Å². The number of carbonyl (C=O) groups excluding carboxylic acids is 1. The Morgan fingerprint density at radius 1 is 1.43 bits per heavy atom. The summed E-state index contributed by atoms with van der Waals surface area (Å²) in [5.41, 5.74) is 0.650. The van der Waals surface area contributed by atoms with Crippen molar-refractivity contribution < 1.29 is 17.9 Å². The van der Waals surface area contributed by atoms with E-state index >= 15 is 0 Å². The first-order valence-corrected chi connectivity index (χ1v) is 10.4. The zero-order valence-corrected chi connectivity index (χ0v) is 15.9. The highest BCUT2D eigenvalue weighted by Gasteiger charge is 2.16. The average Bonchev–Trinajstić information content (AvgIpc) is 2.90. The molecule has 1 heterocycles. The van der Waals surface area contributed by atoms with Crippen LogP contribution in [-0.4, -0.2) is 37.4 Å². The lowest BCUT2D eigenvalue weighted by molar-refractivity contribution is -0.137. The van der Waals surface area contributed by atoms with Crippen molar-refractivity contribution >= 4 is 60.2 Å². The summed E-state index contributed by atoms with van der Waals surface area (Å²) in [6.45, 7) is 0. The molecule has 0 aliphatic carbocycles. The Hall–Kier alpha value is -1.17. The molecule has 0 radical (unpaired) electrons. The van der Waals surface area contributed by atoms with E-state index in [4.69, 9.17) is 0 Å². The molecule has 2 aromatic rings. The van der Waals surface area contributed by atoms with Crippen LogP contribution >= 0.6 is 39.0 Å². The lowest BCUT2D eigenvalue weighted by Crippen LogP contribution is -2.14. The van der Waals surface area contributed by atoms with Gasteiger partial charge in [-0.2, -0.15) is 0 Å². The van der Waals surface area contributed by atoms with Crippen LogP contribution in [0.5, 0.6) is 0 Å². The molecule has 0 aliphatic heterocycles. The number of benzene rings is 1. The summed E-state index contributed by atoms with van der Waals surface area (Å²) < 4.78 is 32.5. The first kappa shape index (κ1) is 18.2. The van der Waals surface area contributed by atoms with Gasteiger partial charge in [-0.25, -0.2) is 8.42 Å². The molecule has 2 rings (SSSR count). The number of thioether (sulfide) groups is 1. The number of nitrogens with one attached hydrogen (secondary N) is 1. The van der Waals surface area contributed by atoms with E-state index in [-0.39, 0.29) is 22.6 Å². The molecular weight excluding hydrogens is 426 g/mol. The Morgan fingerprint density at radius 3 is 2.91 bits per heavy atom. The molecule has 0 spiro atoms. The van der Waals surface area contributed by atoms with Gasteiger partial charge < -0.3 is 4.74 Å². The molecule has 1 N–H and O–H groups in total. The molecule has 0 fully saturated rings. The van der Waals surface area contributed by atoms with Crippen molar-refractivity contribution in [1.82, 2.24) is 10.2 Å². The van der Waals surface area contributed by atoms with Crippen molar-refractivity contribution in [2.24, 2.45) is 0 Å². The summed E-state index contributed by atoms with van der Waals surface area (Å²) >= 11 is 5.49. The molecule has 0 bridgehead atoms. The highest BCUT2D eigenvalue weighted by atomic mass is 79.9. The predicted molar refractivity (Wildman–Crippen MR) is 93.0 cm³/mol. The van der Waals surface area contributed by atoms with Gasteiger partial charge in [-0.05, 0) is 17.7 Å². The third kappa shape index (κ3) is 6.09. The lowest BCUT2D eigenvalue weighted by Gasteiger charge is -2.05. The van der Waals surface area contributed by atoms with Crippen molar-refractivity contribution in [3.8, 4) is 0 Å². The summed E-state index contributed by atoms with van der Waals surface area (Å²) in [6.07, 6.45) is 0. The van der Waals surface area contributed by atoms with Gasteiger partial charge in [0, 0.05) is 4.47 Å². The van der Waals surface area contributed by atoms with Gasteiger partial charge in [-0.1, -0.05) is 51.2 Å². The maximum Gasteiger partial charge on any atom is 0.316 e. The molecule has 124 valence electrons. The second-order valence-corrected chi connectivity index (χ2v) is 9.07.